The van der Waals surface area contributed by atoms with Gasteiger partial charge >= 0.3 is 0 Å². The second-order valence-electron chi connectivity index (χ2n) is 6.45. The number of benzene rings is 3. The summed E-state index contributed by atoms with van der Waals surface area (Å²) in [5, 5.41) is 27.1. The van der Waals surface area contributed by atoms with Crippen molar-refractivity contribution in [2.45, 2.75) is 6.10 Å². The van der Waals surface area contributed by atoms with E-state index in [9.17, 15) is 20.0 Å². The lowest BCUT2D eigenvalue weighted by molar-refractivity contribution is -0.384. The van der Waals surface area contributed by atoms with Crippen LogP contribution in [0, 0.1) is 10.1 Å². The van der Waals surface area contributed by atoms with E-state index < -0.39 is 16.9 Å². The van der Waals surface area contributed by atoms with Gasteiger partial charge in [0.15, 0.2) is 0 Å². The van der Waals surface area contributed by atoms with Crippen molar-refractivity contribution in [1.29, 1.82) is 0 Å². The lowest BCUT2D eigenvalue weighted by Crippen LogP contribution is -2.18. The number of hydrogen-bond acceptors (Lipinski definition) is 5. The average Bonchev–Trinajstić information content (AvgIpc) is 2.77. The maximum absolute atomic E-state index is 11.7. The zero-order chi connectivity index (χ0) is 20.8. The summed E-state index contributed by atoms with van der Waals surface area (Å²) in [4.78, 5) is 22.5. The molecule has 7 heteroatoms. The van der Waals surface area contributed by atoms with E-state index in [0.29, 0.717) is 5.56 Å². The number of nitrogens with zero attached hydrogens (tertiary/aromatic N) is 1. The first-order chi connectivity index (χ1) is 14.0. The van der Waals surface area contributed by atoms with Crippen molar-refractivity contribution in [2.24, 2.45) is 0 Å². The molecule has 0 spiro atoms. The molecule has 1 unspecified atom stereocenters. The number of aliphatic hydroxyl groups excluding tert-OH is 1. The molecule has 29 heavy (non-hydrogen) atoms. The lowest BCUT2D eigenvalue weighted by Gasteiger charge is -2.14. The van der Waals surface area contributed by atoms with Crippen LogP contribution in [0.2, 0.25) is 0 Å². The van der Waals surface area contributed by atoms with Crippen LogP contribution in [0.4, 0.5) is 11.4 Å². The molecule has 3 aromatic carbocycles. The van der Waals surface area contributed by atoms with Gasteiger partial charge in [0.2, 0.25) is 0 Å². The molecule has 0 radical (unpaired) electrons. The number of carbonyl (C=O) groups excluding carboxylic acids is 1. The molecule has 0 aliphatic rings. The van der Waals surface area contributed by atoms with Crippen molar-refractivity contribution in [3.8, 4) is 11.1 Å². The zero-order valence-electron chi connectivity index (χ0n) is 15.8. The van der Waals surface area contributed by atoms with Gasteiger partial charge in [-0.05, 0) is 28.8 Å². The number of carbonyl (C=O) groups is 1. The molecular formula is C22H21N3O4. The first-order valence-corrected chi connectivity index (χ1v) is 9.07. The number of amides is 1. The Morgan fingerprint density at radius 2 is 1.69 bits per heavy atom. The largest absolute Gasteiger partial charge is 0.387 e. The maximum atomic E-state index is 11.7. The second-order valence-corrected chi connectivity index (χ2v) is 6.45. The molecular weight excluding hydrogens is 370 g/mol. The number of rotatable bonds is 7. The van der Waals surface area contributed by atoms with Crippen LogP contribution < -0.4 is 10.6 Å². The van der Waals surface area contributed by atoms with E-state index in [-0.39, 0.29) is 23.5 Å². The van der Waals surface area contributed by atoms with Gasteiger partial charge in [-0.1, -0.05) is 54.6 Å². The molecule has 0 bridgehead atoms. The minimum atomic E-state index is -0.849. The van der Waals surface area contributed by atoms with Crippen molar-refractivity contribution in [3.63, 3.8) is 0 Å². The fraction of sp³-hybridized carbons (Fsp3) is 0.136. The van der Waals surface area contributed by atoms with Gasteiger partial charge in [0.05, 0.1) is 11.0 Å². The molecule has 3 aromatic rings. The van der Waals surface area contributed by atoms with Crippen LogP contribution in [0.5, 0.6) is 0 Å². The maximum Gasteiger partial charge on any atom is 0.293 e. The van der Waals surface area contributed by atoms with Gasteiger partial charge in [-0.15, -0.1) is 0 Å². The smallest absolute Gasteiger partial charge is 0.293 e. The molecule has 148 valence electrons. The van der Waals surface area contributed by atoms with E-state index in [1.807, 2.05) is 54.6 Å². The van der Waals surface area contributed by atoms with Crippen LogP contribution in [0.1, 0.15) is 22.0 Å². The van der Waals surface area contributed by atoms with Gasteiger partial charge in [0, 0.05) is 25.2 Å². The second kappa shape index (κ2) is 8.99. The lowest BCUT2D eigenvalue weighted by atomic mass is 10.0. The topological polar surface area (TPSA) is 104 Å². The minimum absolute atomic E-state index is 0.0881. The van der Waals surface area contributed by atoms with Crippen molar-refractivity contribution in [3.05, 3.63) is 94.0 Å². The summed E-state index contributed by atoms with van der Waals surface area (Å²) in [6.45, 7) is 0.0881. The molecule has 0 heterocycles. The van der Waals surface area contributed by atoms with Gasteiger partial charge in [0.1, 0.15) is 5.69 Å². The summed E-state index contributed by atoms with van der Waals surface area (Å²) in [6.07, 6.45) is -0.849. The summed E-state index contributed by atoms with van der Waals surface area (Å²) in [5.41, 5.74) is 3.03. The van der Waals surface area contributed by atoms with Crippen LogP contribution in [0.15, 0.2) is 72.8 Å². The van der Waals surface area contributed by atoms with Crippen LogP contribution >= 0.6 is 0 Å². The van der Waals surface area contributed by atoms with Gasteiger partial charge < -0.3 is 15.7 Å². The summed E-state index contributed by atoms with van der Waals surface area (Å²) in [7, 11) is 1.46. The highest BCUT2D eigenvalue weighted by Crippen LogP contribution is 2.27. The normalized spacial score (nSPS) is 11.5. The third-order valence-electron chi connectivity index (χ3n) is 4.57. The summed E-state index contributed by atoms with van der Waals surface area (Å²) in [6, 6.07) is 21.6. The van der Waals surface area contributed by atoms with E-state index >= 15 is 0 Å². The SMILES string of the molecule is CNC(=O)c1ccc(NCC(O)c2ccc(-c3ccccc3)cc2)c([N+](=O)[O-])c1. The Balaban J connectivity index is 1.71. The van der Waals surface area contributed by atoms with Crippen LogP contribution in [-0.2, 0) is 0 Å². The number of nitro groups is 1. The minimum Gasteiger partial charge on any atom is -0.387 e. The van der Waals surface area contributed by atoms with Crippen molar-refractivity contribution in [2.75, 3.05) is 18.9 Å². The van der Waals surface area contributed by atoms with E-state index in [2.05, 4.69) is 10.6 Å². The number of anilines is 1. The Kier molecular flexibility index (Phi) is 6.21. The summed E-state index contributed by atoms with van der Waals surface area (Å²) in [5.74, 6) is -0.404. The number of nitro benzene ring substituents is 1. The van der Waals surface area contributed by atoms with Crippen molar-refractivity contribution >= 4 is 17.3 Å². The Morgan fingerprint density at radius 3 is 2.31 bits per heavy atom. The Hall–Kier alpha value is -3.71. The van der Waals surface area contributed by atoms with Crippen LogP contribution in [0.25, 0.3) is 11.1 Å². The molecule has 3 rings (SSSR count). The monoisotopic (exact) mass is 391 g/mol. The highest BCUT2D eigenvalue weighted by molar-refractivity contribution is 5.95. The molecule has 0 saturated carbocycles. The summed E-state index contributed by atoms with van der Waals surface area (Å²) < 4.78 is 0. The standard InChI is InChI=1S/C22H21N3O4/c1-23-22(27)18-11-12-19(20(13-18)25(28)29)24-14-21(26)17-9-7-16(8-10-17)15-5-3-2-4-6-15/h2-13,21,24,26H,14H2,1H3,(H,23,27). The zero-order valence-corrected chi connectivity index (χ0v) is 15.8. The molecule has 0 aliphatic carbocycles. The number of aliphatic hydroxyl groups is 1. The van der Waals surface area contributed by atoms with E-state index in [0.717, 1.165) is 11.1 Å². The molecule has 0 saturated heterocycles. The third kappa shape index (κ3) is 4.77. The summed E-state index contributed by atoms with van der Waals surface area (Å²) >= 11 is 0. The quantitative estimate of drug-likeness (QED) is 0.420. The Labute approximate surface area is 168 Å². The van der Waals surface area contributed by atoms with Gasteiger partial charge in [-0.25, -0.2) is 0 Å². The van der Waals surface area contributed by atoms with E-state index in [4.69, 9.17) is 0 Å². The van der Waals surface area contributed by atoms with Crippen LogP contribution in [-0.4, -0.2) is 29.5 Å². The highest BCUT2D eigenvalue weighted by Gasteiger charge is 2.18. The molecule has 3 N–H and O–H groups in total. The predicted molar refractivity (Wildman–Crippen MR) is 112 cm³/mol. The molecule has 7 nitrogen and oxygen atoms in total. The highest BCUT2D eigenvalue weighted by atomic mass is 16.6. The van der Waals surface area contributed by atoms with Crippen LogP contribution in [0.3, 0.4) is 0 Å². The molecule has 0 aliphatic heterocycles. The van der Waals surface area contributed by atoms with Gasteiger partial charge in [0.25, 0.3) is 11.6 Å². The first-order valence-electron chi connectivity index (χ1n) is 9.07. The molecule has 0 fully saturated rings. The first kappa shape index (κ1) is 20.0. The fourth-order valence-corrected chi connectivity index (χ4v) is 2.97. The van der Waals surface area contributed by atoms with Gasteiger partial charge in [-0.2, -0.15) is 0 Å². The number of nitrogens with one attached hydrogen (secondary N) is 2. The molecule has 1 amide bonds. The fourth-order valence-electron chi connectivity index (χ4n) is 2.97. The predicted octanol–water partition coefficient (Wildman–Crippen LogP) is 3.77. The van der Waals surface area contributed by atoms with Crippen molar-refractivity contribution in [1.82, 2.24) is 5.32 Å². The molecule has 0 aromatic heterocycles. The van der Waals surface area contributed by atoms with E-state index in [1.165, 1.54) is 25.2 Å². The average molecular weight is 391 g/mol. The third-order valence-corrected chi connectivity index (χ3v) is 4.57. The number of hydrogen-bond donors (Lipinski definition) is 3. The molecule has 1 atom stereocenters. The van der Waals surface area contributed by atoms with E-state index in [1.54, 1.807) is 0 Å². The van der Waals surface area contributed by atoms with Crippen molar-refractivity contribution < 1.29 is 14.8 Å². The van der Waals surface area contributed by atoms with Gasteiger partial charge in [-0.3, -0.25) is 14.9 Å². The Bertz CT molecular complexity index is 1000. The Morgan fingerprint density at radius 1 is 1.03 bits per heavy atom.